The van der Waals surface area contributed by atoms with E-state index in [2.05, 4.69) is 5.32 Å². The molecule has 0 radical (unpaired) electrons. The largest absolute Gasteiger partial charge is 0.463 e. The number of hydrogen-bond donors (Lipinski definition) is 2. The fraction of sp³-hybridized carbons (Fsp3) is 0.800. The third-order valence-corrected chi connectivity index (χ3v) is 4.34. The Morgan fingerprint density at radius 2 is 1.37 bits per heavy atom. The second kappa shape index (κ2) is 13.2. The van der Waals surface area contributed by atoms with E-state index in [9.17, 15) is 24.3 Å². The Balaban J connectivity index is 3.15. The lowest BCUT2D eigenvalue weighted by molar-refractivity contribution is -0.265. The minimum absolute atomic E-state index is 0.103. The molecule has 0 spiro atoms. The Labute approximate surface area is 176 Å². The summed E-state index contributed by atoms with van der Waals surface area (Å²) in [4.78, 5) is 47.8. The van der Waals surface area contributed by atoms with Gasteiger partial charge in [-0.25, -0.2) is 0 Å². The Morgan fingerprint density at radius 3 is 1.87 bits per heavy atom. The maximum absolute atomic E-state index is 12.2. The first kappa shape index (κ1) is 25.8. The van der Waals surface area contributed by atoms with E-state index in [4.69, 9.17) is 18.9 Å². The van der Waals surface area contributed by atoms with Crippen LogP contribution in [0.2, 0.25) is 0 Å². The fourth-order valence-electron chi connectivity index (χ4n) is 3.01. The molecule has 0 aromatic heterocycles. The molecule has 0 aromatic carbocycles. The summed E-state index contributed by atoms with van der Waals surface area (Å²) in [6, 6.07) is -1.16. The van der Waals surface area contributed by atoms with Crippen molar-refractivity contribution in [3.8, 4) is 0 Å². The molecule has 1 unspecified atom stereocenters. The van der Waals surface area contributed by atoms with Gasteiger partial charge >= 0.3 is 17.9 Å². The summed E-state index contributed by atoms with van der Waals surface area (Å²) in [5, 5.41) is 12.9. The monoisotopic (exact) mass is 431 g/mol. The lowest BCUT2D eigenvalue weighted by Crippen LogP contribution is -2.66. The highest BCUT2D eigenvalue weighted by Crippen LogP contribution is 2.27. The SMILES string of the molecule is CCCC(=O)OC[C@H]1OC(O)[C@H](NC(C)=O)[C@@H](OC(=O)CCC)[C@H]1OC(=O)CCC. The van der Waals surface area contributed by atoms with E-state index in [0.717, 1.165) is 0 Å². The van der Waals surface area contributed by atoms with E-state index in [1.54, 1.807) is 13.8 Å². The molecular formula is C20H33NO9. The predicted molar refractivity (Wildman–Crippen MR) is 104 cm³/mol. The quantitative estimate of drug-likeness (QED) is 0.362. The number of rotatable bonds is 11. The first-order valence-corrected chi connectivity index (χ1v) is 10.4. The summed E-state index contributed by atoms with van der Waals surface area (Å²) >= 11 is 0. The highest BCUT2D eigenvalue weighted by atomic mass is 16.7. The minimum atomic E-state index is -1.57. The second-order valence-corrected chi connectivity index (χ2v) is 7.13. The van der Waals surface area contributed by atoms with E-state index in [1.807, 2.05) is 6.92 Å². The molecule has 0 saturated carbocycles. The number of ether oxygens (including phenoxy) is 4. The van der Waals surface area contributed by atoms with Crippen LogP contribution in [0.3, 0.4) is 0 Å². The van der Waals surface area contributed by atoms with Crippen molar-refractivity contribution in [2.75, 3.05) is 6.61 Å². The number of aliphatic hydroxyl groups is 1. The van der Waals surface area contributed by atoms with Gasteiger partial charge in [0.25, 0.3) is 0 Å². The van der Waals surface area contributed by atoms with Crippen LogP contribution in [0.4, 0.5) is 0 Å². The van der Waals surface area contributed by atoms with Crippen molar-refractivity contribution >= 4 is 23.8 Å². The molecule has 0 aliphatic carbocycles. The average Bonchev–Trinajstić information content (AvgIpc) is 2.65. The van der Waals surface area contributed by atoms with Crippen molar-refractivity contribution in [2.24, 2.45) is 0 Å². The van der Waals surface area contributed by atoms with Gasteiger partial charge < -0.3 is 29.4 Å². The molecule has 2 N–H and O–H groups in total. The van der Waals surface area contributed by atoms with E-state index >= 15 is 0 Å². The molecule has 1 aliphatic rings. The van der Waals surface area contributed by atoms with Crippen LogP contribution in [0, 0.1) is 0 Å². The van der Waals surface area contributed by atoms with Gasteiger partial charge in [0.1, 0.15) is 18.8 Å². The number of aliphatic hydroxyl groups excluding tert-OH is 1. The van der Waals surface area contributed by atoms with Crippen LogP contribution in [-0.4, -0.2) is 66.2 Å². The molecule has 1 heterocycles. The highest BCUT2D eigenvalue weighted by molar-refractivity contribution is 5.74. The van der Waals surface area contributed by atoms with E-state index in [-0.39, 0.29) is 25.9 Å². The first-order chi connectivity index (χ1) is 14.2. The summed E-state index contributed by atoms with van der Waals surface area (Å²) in [6.07, 6.45) is -2.99. The molecule has 1 fully saturated rings. The molecule has 0 aromatic rings. The zero-order valence-corrected chi connectivity index (χ0v) is 18.0. The van der Waals surface area contributed by atoms with E-state index < -0.39 is 54.5 Å². The van der Waals surface area contributed by atoms with Crippen LogP contribution in [-0.2, 0) is 38.1 Å². The molecule has 1 saturated heterocycles. The lowest BCUT2D eigenvalue weighted by Gasteiger charge is -2.43. The molecule has 30 heavy (non-hydrogen) atoms. The Bertz CT molecular complexity index is 595. The zero-order valence-electron chi connectivity index (χ0n) is 18.0. The fourth-order valence-corrected chi connectivity index (χ4v) is 3.01. The third kappa shape index (κ3) is 8.27. The zero-order chi connectivity index (χ0) is 22.7. The molecular weight excluding hydrogens is 398 g/mol. The number of amides is 1. The molecule has 1 aliphatic heterocycles. The maximum atomic E-state index is 12.2. The minimum Gasteiger partial charge on any atom is -0.463 e. The van der Waals surface area contributed by atoms with Gasteiger partial charge in [0.05, 0.1) is 0 Å². The van der Waals surface area contributed by atoms with Gasteiger partial charge in [-0.2, -0.15) is 0 Å². The Kier molecular flexibility index (Phi) is 11.3. The first-order valence-electron chi connectivity index (χ1n) is 10.4. The maximum Gasteiger partial charge on any atom is 0.306 e. The van der Waals surface area contributed by atoms with Gasteiger partial charge in [0.2, 0.25) is 5.91 Å². The molecule has 0 bridgehead atoms. The van der Waals surface area contributed by atoms with E-state index in [0.29, 0.717) is 19.3 Å². The van der Waals surface area contributed by atoms with Crippen molar-refractivity contribution in [1.29, 1.82) is 0 Å². The van der Waals surface area contributed by atoms with Crippen LogP contribution >= 0.6 is 0 Å². The van der Waals surface area contributed by atoms with Gasteiger partial charge in [-0.3, -0.25) is 19.2 Å². The third-order valence-electron chi connectivity index (χ3n) is 4.34. The van der Waals surface area contributed by atoms with Gasteiger partial charge in [0.15, 0.2) is 18.5 Å². The van der Waals surface area contributed by atoms with Crippen molar-refractivity contribution in [3.63, 3.8) is 0 Å². The Morgan fingerprint density at radius 1 is 0.867 bits per heavy atom. The van der Waals surface area contributed by atoms with Crippen LogP contribution in [0.5, 0.6) is 0 Å². The molecule has 1 rings (SSSR count). The number of esters is 3. The van der Waals surface area contributed by atoms with Crippen molar-refractivity contribution in [1.82, 2.24) is 5.32 Å². The molecule has 10 heteroatoms. The smallest absolute Gasteiger partial charge is 0.306 e. The molecule has 10 nitrogen and oxygen atoms in total. The van der Waals surface area contributed by atoms with Gasteiger partial charge in [0, 0.05) is 26.2 Å². The predicted octanol–water partition coefficient (Wildman–Crippen LogP) is 0.975. The van der Waals surface area contributed by atoms with Crippen LogP contribution in [0.1, 0.15) is 66.2 Å². The van der Waals surface area contributed by atoms with Crippen molar-refractivity contribution < 1.29 is 43.2 Å². The van der Waals surface area contributed by atoms with Crippen LogP contribution in [0.25, 0.3) is 0 Å². The molecule has 1 amide bonds. The van der Waals surface area contributed by atoms with Crippen LogP contribution < -0.4 is 5.32 Å². The van der Waals surface area contributed by atoms with Crippen molar-refractivity contribution in [3.05, 3.63) is 0 Å². The number of nitrogens with one attached hydrogen (secondary N) is 1. The summed E-state index contributed by atoms with van der Waals surface area (Å²) in [5.74, 6) is -2.11. The van der Waals surface area contributed by atoms with Crippen molar-refractivity contribution in [2.45, 2.75) is 96.9 Å². The molecule has 172 valence electrons. The Hall–Kier alpha value is -2.20. The number of carbonyl (C=O) groups excluding carboxylic acids is 4. The number of hydrogen-bond acceptors (Lipinski definition) is 9. The average molecular weight is 431 g/mol. The summed E-state index contributed by atoms with van der Waals surface area (Å²) in [7, 11) is 0. The summed E-state index contributed by atoms with van der Waals surface area (Å²) in [5.41, 5.74) is 0. The standard InChI is InChI=1S/C20H33NO9/c1-5-8-14(23)27-11-13-18(29-15(24)9-6-2)19(30-16(25)10-7-3)17(20(26)28-13)21-12(4)22/h13,17-20,26H,5-11H2,1-4H3,(H,21,22)/t13-,17-,18+,19-,20?/m1/s1. The summed E-state index contributed by atoms with van der Waals surface area (Å²) < 4.78 is 21.6. The highest BCUT2D eigenvalue weighted by Gasteiger charge is 2.50. The van der Waals surface area contributed by atoms with Gasteiger partial charge in [-0.05, 0) is 19.3 Å². The normalized spacial score (nSPS) is 25.8. The van der Waals surface area contributed by atoms with E-state index in [1.165, 1.54) is 6.92 Å². The van der Waals surface area contributed by atoms with Crippen LogP contribution in [0.15, 0.2) is 0 Å². The second-order valence-electron chi connectivity index (χ2n) is 7.13. The number of carbonyl (C=O) groups is 4. The van der Waals surface area contributed by atoms with Gasteiger partial charge in [-0.15, -0.1) is 0 Å². The van der Waals surface area contributed by atoms with Gasteiger partial charge in [-0.1, -0.05) is 20.8 Å². The topological polar surface area (TPSA) is 137 Å². The summed E-state index contributed by atoms with van der Waals surface area (Å²) in [6.45, 7) is 6.33. The lowest BCUT2D eigenvalue weighted by atomic mass is 9.96. The molecule has 5 atom stereocenters.